The Kier molecular flexibility index (Phi) is 15.4. The third-order valence-corrected chi connectivity index (χ3v) is 15.4. The van der Waals surface area contributed by atoms with Crippen LogP contribution in [0.1, 0.15) is 46.7 Å². The first kappa shape index (κ1) is 52.5. The minimum absolute atomic E-state index is 0.0109. The van der Waals surface area contributed by atoms with Crippen LogP contribution >= 0.6 is 0 Å². The second kappa shape index (κ2) is 23.2. The number of nitrogens with zero attached hydrogens (tertiary/aromatic N) is 10. The predicted octanol–water partition coefficient (Wildman–Crippen LogP) is 9.92. The molecule has 3 aliphatic rings. The molecule has 79 heavy (non-hydrogen) atoms. The highest BCUT2D eigenvalue weighted by Gasteiger charge is 2.41. The van der Waals surface area contributed by atoms with Crippen molar-refractivity contribution in [1.29, 1.82) is 0 Å². The molecule has 2 unspecified atom stereocenters. The number of allylic oxidation sites excluding steroid dienone is 4. The van der Waals surface area contributed by atoms with Crippen LogP contribution in [-0.2, 0) is 24.9 Å². The van der Waals surface area contributed by atoms with Crippen LogP contribution in [0, 0.1) is 25.7 Å². The van der Waals surface area contributed by atoms with Gasteiger partial charge in [0.15, 0.2) is 5.83 Å². The molecule has 4 amide bonds. The van der Waals surface area contributed by atoms with E-state index in [0.29, 0.717) is 62.2 Å². The number of piperidine rings is 1. The number of rotatable bonds is 17. The first-order valence-electron chi connectivity index (χ1n) is 26.7. The normalized spacial score (nSPS) is 19.5. The van der Waals surface area contributed by atoms with Crippen molar-refractivity contribution in [2.24, 2.45) is 18.9 Å². The van der Waals surface area contributed by atoms with E-state index in [-0.39, 0.29) is 42.4 Å². The largest absolute Gasteiger partial charge is 0.383 e. The number of halogens is 2. The molecular formula is C60H64F2N14O3. The summed E-state index contributed by atoms with van der Waals surface area (Å²) in [6, 6.07) is 36.9. The van der Waals surface area contributed by atoms with E-state index in [1.165, 1.54) is 11.6 Å². The number of benzene rings is 4. The lowest BCUT2D eigenvalue weighted by atomic mass is 9.77. The van der Waals surface area contributed by atoms with Crippen molar-refractivity contribution < 1.29 is 23.1 Å². The SMILES string of the molecule is COCCN1CCC([C@H]2C=CC(F)=C(F)C2)C(NC(=O)Nc2c(C)c(-c3cnn(Cc4cccc(-n5nc(-c6cnn(C)c6)c(C)c5NC(=O)N[C@@H]5CN(Cc6ccccc6)[C@H]5c5ccccc5)c4)c3)nn2-c2ccccc2)C1. The van der Waals surface area contributed by atoms with Gasteiger partial charge in [-0.3, -0.25) is 29.8 Å². The van der Waals surface area contributed by atoms with E-state index < -0.39 is 17.7 Å². The molecule has 0 radical (unpaired) electrons. The van der Waals surface area contributed by atoms with Crippen molar-refractivity contribution in [3.63, 3.8) is 0 Å². The topological polar surface area (TPSA) is 169 Å². The van der Waals surface area contributed by atoms with Gasteiger partial charge in [-0.1, -0.05) is 97.1 Å². The molecule has 406 valence electrons. The highest BCUT2D eigenvalue weighted by atomic mass is 19.2. The van der Waals surface area contributed by atoms with Gasteiger partial charge in [0.25, 0.3) is 0 Å². The summed E-state index contributed by atoms with van der Waals surface area (Å²) >= 11 is 0. The van der Waals surface area contributed by atoms with Gasteiger partial charge in [0.05, 0.1) is 49.0 Å². The zero-order chi connectivity index (χ0) is 54.6. The van der Waals surface area contributed by atoms with Crippen LogP contribution in [0.3, 0.4) is 0 Å². The smallest absolute Gasteiger partial charge is 0.320 e. The summed E-state index contributed by atoms with van der Waals surface area (Å²) < 4.78 is 41.1. The number of carbonyl (C=O) groups is 2. The van der Waals surface area contributed by atoms with E-state index in [2.05, 4.69) is 60.4 Å². The second-order valence-corrected chi connectivity index (χ2v) is 20.7. The Morgan fingerprint density at radius 2 is 1.33 bits per heavy atom. The maximum atomic E-state index is 14.6. The molecule has 1 aliphatic carbocycles. The van der Waals surface area contributed by atoms with Gasteiger partial charge in [0, 0.05) is 87.4 Å². The predicted molar refractivity (Wildman–Crippen MR) is 300 cm³/mol. The standard InChI is InChI=1S/C60H64F2N14O3/c1-39-54(45-31-63-71(3)35-45)70-76(58(39)68-60(78)66-53-38-73(33-41-15-8-5-9-16-41)56(53)43-18-10-6-11-19-43)48-22-14-17-42(29-48)34-74-36-46(32-64-74)55-40(2)57(75(69-55)47-20-12-7-13-21-47)67-59(77)65-52-37-72(27-28-79-4)26-25-49(52)44-23-24-50(61)51(62)30-44/h5-24,29,31-32,35-36,44,49,52-53,56H,25-28,30,33-34,37-38H2,1-4H3,(H2,65,67,77)(H2,66,68,78)/t44-,49?,52?,53+,56-/m0/s1. The van der Waals surface area contributed by atoms with Gasteiger partial charge in [-0.25, -0.2) is 27.7 Å². The lowest BCUT2D eigenvalue weighted by Crippen LogP contribution is -2.61. The molecule has 5 atom stereocenters. The van der Waals surface area contributed by atoms with E-state index in [0.717, 1.165) is 57.8 Å². The van der Waals surface area contributed by atoms with Gasteiger partial charge in [-0.2, -0.15) is 20.4 Å². The van der Waals surface area contributed by atoms with E-state index in [1.54, 1.807) is 39.6 Å². The van der Waals surface area contributed by atoms with Crippen LogP contribution in [-0.4, -0.2) is 113 Å². The summed E-state index contributed by atoms with van der Waals surface area (Å²) in [7, 11) is 3.51. The molecule has 2 saturated heterocycles. The Hall–Kier alpha value is -8.52. The lowest BCUT2D eigenvalue weighted by molar-refractivity contribution is 0.0401. The third-order valence-electron chi connectivity index (χ3n) is 15.4. The quantitative estimate of drug-likeness (QED) is 0.0694. The number of ether oxygens (including phenoxy) is 1. The highest BCUT2D eigenvalue weighted by Crippen LogP contribution is 2.38. The van der Waals surface area contributed by atoms with Crippen LogP contribution in [0.5, 0.6) is 0 Å². The van der Waals surface area contributed by atoms with E-state index >= 15 is 0 Å². The number of hydrogen-bond acceptors (Lipinski definition) is 9. The first-order valence-corrected chi connectivity index (χ1v) is 26.7. The van der Waals surface area contributed by atoms with Gasteiger partial charge >= 0.3 is 12.1 Å². The minimum atomic E-state index is -0.841. The van der Waals surface area contributed by atoms with Crippen molar-refractivity contribution in [3.05, 3.63) is 192 Å². The Bertz CT molecular complexity index is 3500. The van der Waals surface area contributed by atoms with Crippen molar-refractivity contribution in [2.45, 2.75) is 57.9 Å². The number of methoxy groups -OCH3 is 1. The van der Waals surface area contributed by atoms with Crippen molar-refractivity contribution in [2.75, 3.05) is 50.5 Å². The van der Waals surface area contributed by atoms with Crippen LogP contribution < -0.4 is 21.3 Å². The molecule has 2 fully saturated rings. The van der Waals surface area contributed by atoms with Gasteiger partial charge in [-0.05, 0) is 85.7 Å². The third kappa shape index (κ3) is 11.6. The van der Waals surface area contributed by atoms with Gasteiger partial charge in [-0.15, -0.1) is 0 Å². The van der Waals surface area contributed by atoms with Crippen LogP contribution in [0.2, 0.25) is 0 Å². The Labute approximate surface area is 457 Å². The maximum Gasteiger partial charge on any atom is 0.320 e. The van der Waals surface area contributed by atoms with E-state index in [1.807, 2.05) is 129 Å². The molecule has 8 aromatic rings. The number of aryl methyl sites for hydroxylation is 1. The number of carbonyl (C=O) groups excluding carboxylic acids is 2. The molecule has 11 rings (SSSR count). The zero-order valence-electron chi connectivity index (χ0n) is 44.6. The molecule has 19 heteroatoms. The Balaban J connectivity index is 0.825. The Morgan fingerprint density at radius 3 is 2.00 bits per heavy atom. The fraction of sp³-hybridized carbons (Fsp3) is 0.300. The number of nitrogens with one attached hydrogen (secondary N) is 4. The fourth-order valence-electron chi connectivity index (χ4n) is 11.4. The number of amides is 4. The second-order valence-electron chi connectivity index (χ2n) is 20.7. The summed E-state index contributed by atoms with van der Waals surface area (Å²) in [6.45, 7) is 8.20. The summed E-state index contributed by atoms with van der Waals surface area (Å²) in [6.07, 6.45) is 10.9. The summed E-state index contributed by atoms with van der Waals surface area (Å²) in [5.74, 6) is -0.988. The molecule has 6 heterocycles. The molecule has 17 nitrogen and oxygen atoms in total. The van der Waals surface area contributed by atoms with Crippen molar-refractivity contribution in [3.8, 4) is 33.9 Å². The number of likely N-dealkylation sites (tertiary alicyclic amines) is 2. The molecule has 0 spiro atoms. The number of anilines is 2. The summed E-state index contributed by atoms with van der Waals surface area (Å²) in [5, 5.41) is 32.2. The summed E-state index contributed by atoms with van der Waals surface area (Å²) in [4.78, 5) is 33.0. The average Bonchev–Trinajstić information content (AvgIpc) is 4.25. The monoisotopic (exact) mass is 1070 g/mol. The molecule has 4 N–H and O–H groups in total. The molecule has 0 saturated carbocycles. The van der Waals surface area contributed by atoms with E-state index in [4.69, 9.17) is 20.0 Å². The minimum Gasteiger partial charge on any atom is -0.383 e. The van der Waals surface area contributed by atoms with Crippen LogP contribution in [0.25, 0.3) is 33.9 Å². The highest BCUT2D eigenvalue weighted by molar-refractivity contribution is 5.92. The Morgan fingerprint density at radius 1 is 0.709 bits per heavy atom. The first-order chi connectivity index (χ1) is 38.5. The van der Waals surface area contributed by atoms with Crippen LogP contribution in [0.4, 0.5) is 30.0 Å². The number of para-hydroxylation sites is 1. The van der Waals surface area contributed by atoms with Crippen molar-refractivity contribution in [1.82, 2.24) is 59.6 Å². The molecule has 4 aromatic heterocycles. The molecule has 2 aliphatic heterocycles. The number of hydrogen-bond donors (Lipinski definition) is 4. The number of aromatic nitrogens is 8. The fourth-order valence-corrected chi connectivity index (χ4v) is 11.4. The lowest BCUT2D eigenvalue weighted by Gasteiger charge is -2.48. The van der Waals surface area contributed by atoms with Gasteiger partial charge in [0.2, 0.25) is 0 Å². The van der Waals surface area contributed by atoms with Gasteiger partial charge < -0.3 is 15.4 Å². The number of urea groups is 2. The van der Waals surface area contributed by atoms with E-state index in [9.17, 15) is 18.4 Å². The van der Waals surface area contributed by atoms with Crippen molar-refractivity contribution >= 4 is 23.7 Å². The molecule has 4 aromatic carbocycles. The molecular weight excluding hydrogens is 1000 g/mol. The maximum absolute atomic E-state index is 14.6. The average molecular weight is 1070 g/mol. The summed E-state index contributed by atoms with van der Waals surface area (Å²) in [5.41, 5.74) is 9.13. The van der Waals surface area contributed by atoms with Gasteiger partial charge in [0.1, 0.15) is 28.9 Å². The van der Waals surface area contributed by atoms with Crippen LogP contribution in [0.15, 0.2) is 164 Å². The zero-order valence-corrected chi connectivity index (χ0v) is 44.6. The molecule has 0 bridgehead atoms.